The second-order valence-corrected chi connectivity index (χ2v) is 2.27. The molecule has 70 valence electrons. The lowest BCUT2D eigenvalue weighted by Crippen LogP contribution is -2.05. The van der Waals surface area contributed by atoms with Gasteiger partial charge in [-0.25, -0.2) is 9.97 Å². The van der Waals surface area contributed by atoms with E-state index in [4.69, 9.17) is 15.6 Å². The van der Waals surface area contributed by atoms with E-state index in [1.807, 2.05) is 0 Å². The standard InChI is InChI=1S/C7H9N3O3/c8-7-9-3-5(4-10-7)13-2-1-6(11)12/h3-4H,1-2H2,(H,11,12)(H2,8,9,10). The van der Waals surface area contributed by atoms with E-state index in [-0.39, 0.29) is 19.0 Å². The summed E-state index contributed by atoms with van der Waals surface area (Å²) in [4.78, 5) is 17.5. The highest BCUT2D eigenvalue weighted by Crippen LogP contribution is 2.06. The van der Waals surface area contributed by atoms with Gasteiger partial charge in [-0.1, -0.05) is 0 Å². The van der Waals surface area contributed by atoms with E-state index in [1.165, 1.54) is 12.4 Å². The summed E-state index contributed by atoms with van der Waals surface area (Å²) in [6.45, 7) is 0.0998. The molecule has 13 heavy (non-hydrogen) atoms. The van der Waals surface area contributed by atoms with Crippen LogP contribution in [0.3, 0.4) is 0 Å². The van der Waals surface area contributed by atoms with E-state index in [0.717, 1.165) is 0 Å². The summed E-state index contributed by atoms with van der Waals surface area (Å²) in [7, 11) is 0. The number of anilines is 1. The fourth-order valence-corrected chi connectivity index (χ4v) is 0.657. The molecule has 0 aliphatic heterocycles. The molecular formula is C7H9N3O3. The Balaban J connectivity index is 2.37. The van der Waals surface area contributed by atoms with Gasteiger partial charge < -0.3 is 15.6 Å². The fraction of sp³-hybridized carbons (Fsp3) is 0.286. The molecule has 0 unspecified atom stereocenters. The minimum absolute atomic E-state index is 0.0512. The third-order valence-electron chi connectivity index (χ3n) is 1.23. The largest absolute Gasteiger partial charge is 0.490 e. The molecule has 0 radical (unpaired) electrons. The maximum atomic E-state index is 10.1. The molecule has 0 aromatic carbocycles. The number of aliphatic carboxylic acids is 1. The van der Waals surface area contributed by atoms with Gasteiger partial charge in [0.05, 0.1) is 25.4 Å². The molecule has 0 atom stereocenters. The second kappa shape index (κ2) is 4.24. The minimum Gasteiger partial charge on any atom is -0.490 e. The lowest BCUT2D eigenvalue weighted by atomic mass is 10.5. The number of carboxylic acid groups (broad SMARTS) is 1. The van der Waals surface area contributed by atoms with Gasteiger partial charge in [-0.2, -0.15) is 0 Å². The Bertz CT molecular complexity index is 286. The third kappa shape index (κ3) is 3.37. The molecule has 0 fully saturated rings. The van der Waals surface area contributed by atoms with Gasteiger partial charge >= 0.3 is 5.97 Å². The van der Waals surface area contributed by atoms with Gasteiger partial charge in [-0.3, -0.25) is 4.79 Å². The summed E-state index contributed by atoms with van der Waals surface area (Å²) in [6, 6.07) is 0. The van der Waals surface area contributed by atoms with Gasteiger partial charge in [0.15, 0.2) is 5.75 Å². The van der Waals surface area contributed by atoms with Gasteiger partial charge in [0.2, 0.25) is 5.95 Å². The maximum absolute atomic E-state index is 10.1. The van der Waals surface area contributed by atoms with Crippen LogP contribution < -0.4 is 10.5 Å². The molecular weight excluding hydrogens is 174 g/mol. The monoisotopic (exact) mass is 183 g/mol. The normalized spacial score (nSPS) is 9.54. The van der Waals surface area contributed by atoms with Gasteiger partial charge in [-0.05, 0) is 0 Å². The summed E-state index contributed by atoms with van der Waals surface area (Å²) in [5, 5.41) is 8.30. The summed E-state index contributed by atoms with van der Waals surface area (Å²) in [5.74, 6) is -0.336. The van der Waals surface area contributed by atoms with Crippen LogP contribution in [0, 0.1) is 0 Å². The van der Waals surface area contributed by atoms with Crippen molar-refractivity contribution in [2.24, 2.45) is 0 Å². The fourth-order valence-electron chi connectivity index (χ4n) is 0.657. The van der Waals surface area contributed by atoms with Crippen molar-refractivity contribution >= 4 is 11.9 Å². The summed E-state index contributed by atoms with van der Waals surface area (Å²) in [6.07, 6.45) is 2.73. The number of hydrogen-bond donors (Lipinski definition) is 2. The van der Waals surface area contributed by atoms with Crippen molar-refractivity contribution in [3.8, 4) is 5.75 Å². The first kappa shape index (κ1) is 9.24. The molecule has 0 saturated carbocycles. The smallest absolute Gasteiger partial charge is 0.306 e. The Morgan fingerprint density at radius 2 is 2.15 bits per heavy atom. The number of ether oxygens (including phenoxy) is 1. The average molecular weight is 183 g/mol. The van der Waals surface area contributed by atoms with E-state index in [1.54, 1.807) is 0 Å². The van der Waals surface area contributed by atoms with Crippen molar-refractivity contribution in [2.45, 2.75) is 6.42 Å². The predicted octanol–water partition coefficient (Wildman–Crippen LogP) is -0.0877. The number of nitrogen functional groups attached to an aromatic ring is 1. The average Bonchev–Trinajstić information content (AvgIpc) is 2.08. The van der Waals surface area contributed by atoms with E-state index >= 15 is 0 Å². The van der Waals surface area contributed by atoms with Crippen molar-refractivity contribution in [3.05, 3.63) is 12.4 Å². The Kier molecular flexibility index (Phi) is 3.02. The number of carbonyl (C=O) groups is 1. The lowest BCUT2D eigenvalue weighted by Gasteiger charge is -2.02. The molecule has 0 amide bonds. The van der Waals surface area contributed by atoms with Crippen LogP contribution in [0.1, 0.15) is 6.42 Å². The van der Waals surface area contributed by atoms with Crippen LogP contribution in [0.15, 0.2) is 12.4 Å². The van der Waals surface area contributed by atoms with Crippen LogP contribution in [0.25, 0.3) is 0 Å². The van der Waals surface area contributed by atoms with Crippen LogP contribution in [-0.4, -0.2) is 27.7 Å². The van der Waals surface area contributed by atoms with Gasteiger partial charge in [0.1, 0.15) is 0 Å². The van der Waals surface area contributed by atoms with E-state index in [0.29, 0.717) is 5.75 Å². The van der Waals surface area contributed by atoms with Crippen molar-refractivity contribution in [1.82, 2.24) is 9.97 Å². The number of carboxylic acids is 1. The van der Waals surface area contributed by atoms with Gasteiger partial charge in [-0.15, -0.1) is 0 Å². The summed E-state index contributed by atoms with van der Waals surface area (Å²) < 4.78 is 5.01. The first-order valence-corrected chi connectivity index (χ1v) is 3.60. The molecule has 0 spiro atoms. The van der Waals surface area contributed by atoms with E-state index in [2.05, 4.69) is 9.97 Å². The van der Waals surface area contributed by atoms with Crippen LogP contribution >= 0.6 is 0 Å². The van der Waals surface area contributed by atoms with Crippen molar-refractivity contribution in [3.63, 3.8) is 0 Å². The SMILES string of the molecule is Nc1ncc(OCCC(=O)O)cn1. The summed E-state index contributed by atoms with van der Waals surface area (Å²) >= 11 is 0. The number of rotatable bonds is 4. The van der Waals surface area contributed by atoms with E-state index in [9.17, 15) is 4.79 Å². The molecule has 1 aromatic rings. The molecule has 1 aromatic heterocycles. The molecule has 0 aliphatic carbocycles. The highest BCUT2D eigenvalue weighted by molar-refractivity contribution is 5.66. The van der Waals surface area contributed by atoms with Crippen LogP contribution in [0.4, 0.5) is 5.95 Å². The summed E-state index contributed by atoms with van der Waals surface area (Å²) in [5.41, 5.74) is 5.23. The molecule has 6 nitrogen and oxygen atoms in total. The van der Waals surface area contributed by atoms with Crippen molar-refractivity contribution in [2.75, 3.05) is 12.3 Å². The Morgan fingerprint density at radius 1 is 1.54 bits per heavy atom. The van der Waals surface area contributed by atoms with Crippen LogP contribution in [0.2, 0.25) is 0 Å². The van der Waals surface area contributed by atoms with Gasteiger partial charge in [0.25, 0.3) is 0 Å². The Hall–Kier alpha value is -1.85. The zero-order valence-electron chi connectivity index (χ0n) is 6.80. The molecule has 0 bridgehead atoms. The second-order valence-electron chi connectivity index (χ2n) is 2.27. The molecule has 3 N–H and O–H groups in total. The number of hydrogen-bond acceptors (Lipinski definition) is 5. The number of nitrogens with two attached hydrogens (primary N) is 1. The molecule has 1 heterocycles. The Labute approximate surface area is 74.4 Å². The lowest BCUT2D eigenvalue weighted by molar-refractivity contribution is -0.137. The van der Waals surface area contributed by atoms with E-state index < -0.39 is 5.97 Å². The highest BCUT2D eigenvalue weighted by atomic mass is 16.5. The van der Waals surface area contributed by atoms with Gasteiger partial charge in [0, 0.05) is 0 Å². The zero-order valence-corrected chi connectivity index (χ0v) is 6.80. The predicted molar refractivity (Wildman–Crippen MR) is 44.2 cm³/mol. The quantitative estimate of drug-likeness (QED) is 0.677. The minimum atomic E-state index is -0.906. The third-order valence-corrected chi connectivity index (χ3v) is 1.23. The van der Waals surface area contributed by atoms with Crippen molar-refractivity contribution < 1.29 is 14.6 Å². The zero-order chi connectivity index (χ0) is 9.68. The molecule has 6 heteroatoms. The maximum Gasteiger partial charge on any atom is 0.306 e. The van der Waals surface area contributed by atoms with Crippen molar-refractivity contribution in [1.29, 1.82) is 0 Å². The molecule has 0 saturated heterocycles. The first-order valence-electron chi connectivity index (χ1n) is 3.60. The van der Waals surface area contributed by atoms with Crippen LogP contribution in [0.5, 0.6) is 5.75 Å². The number of nitrogens with zero attached hydrogens (tertiary/aromatic N) is 2. The highest BCUT2D eigenvalue weighted by Gasteiger charge is 1.98. The first-order chi connectivity index (χ1) is 6.18. The van der Waals surface area contributed by atoms with Crippen LogP contribution in [-0.2, 0) is 4.79 Å². The molecule has 1 rings (SSSR count). The number of aromatic nitrogens is 2. The Morgan fingerprint density at radius 3 is 2.69 bits per heavy atom. The topological polar surface area (TPSA) is 98.3 Å². The molecule has 0 aliphatic rings.